The third kappa shape index (κ3) is 4.79. The number of ether oxygens (including phenoxy) is 1. The number of rotatable bonds is 5. The lowest BCUT2D eigenvalue weighted by Crippen LogP contribution is -2.50. The Bertz CT molecular complexity index is 1100. The second kappa shape index (κ2) is 9.60. The predicted octanol–water partition coefficient (Wildman–Crippen LogP) is 5.19. The van der Waals surface area contributed by atoms with Gasteiger partial charge in [0.05, 0.1) is 10.9 Å². The van der Waals surface area contributed by atoms with Gasteiger partial charge in [-0.15, -0.1) is 0 Å². The van der Waals surface area contributed by atoms with E-state index >= 15 is 0 Å². The highest BCUT2D eigenvalue weighted by Crippen LogP contribution is 2.38. The van der Waals surface area contributed by atoms with Gasteiger partial charge in [0, 0.05) is 37.9 Å². The van der Waals surface area contributed by atoms with E-state index < -0.39 is 5.41 Å². The molecule has 33 heavy (non-hydrogen) atoms. The van der Waals surface area contributed by atoms with Crippen LogP contribution in [0.4, 0.5) is 4.39 Å². The Morgan fingerprint density at radius 2 is 1.79 bits per heavy atom. The lowest BCUT2D eigenvalue weighted by Gasteiger charge is -2.42. The average Bonchev–Trinajstić information content (AvgIpc) is 2.86. The van der Waals surface area contributed by atoms with Crippen LogP contribution in [-0.2, 0) is 22.4 Å². The molecular formula is C28H31FN2O2. The molecule has 5 rings (SSSR count). The van der Waals surface area contributed by atoms with Crippen molar-refractivity contribution in [2.24, 2.45) is 11.3 Å². The van der Waals surface area contributed by atoms with Gasteiger partial charge < -0.3 is 9.64 Å². The van der Waals surface area contributed by atoms with Gasteiger partial charge >= 0.3 is 0 Å². The SMILES string of the molecule is O=C(N1CCC(Cc2cccc3ncccc23)CC1)C1(Cc2ccc(F)cc2)CCOCC1. The van der Waals surface area contributed by atoms with Crippen molar-refractivity contribution in [3.63, 3.8) is 0 Å². The molecule has 0 bridgehead atoms. The van der Waals surface area contributed by atoms with Crippen LogP contribution in [0.1, 0.15) is 36.8 Å². The van der Waals surface area contributed by atoms with Crippen molar-refractivity contribution in [2.75, 3.05) is 26.3 Å². The Morgan fingerprint density at radius 3 is 2.55 bits per heavy atom. The summed E-state index contributed by atoms with van der Waals surface area (Å²) in [4.78, 5) is 20.3. The van der Waals surface area contributed by atoms with Gasteiger partial charge in [0.25, 0.3) is 0 Å². The predicted molar refractivity (Wildman–Crippen MR) is 127 cm³/mol. The van der Waals surface area contributed by atoms with Gasteiger partial charge in [-0.3, -0.25) is 9.78 Å². The molecule has 2 fully saturated rings. The van der Waals surface area contributed by atoms with E-state index in [4.69, 9.17) is 4.74 Å². The lowest BCUT2D eigenvalue weighted by molar-refractivity contribution is -0.149. The van der Waals surface area contributed by atoms with Crippen LogP contribution in [0.15, 0.2) is 60.8 Å². The van der Waals surface area contributed by atoms with Crippen molar-refractivity contribution in [2.45, 2.75) is 38.5 Å². The van der Waals surface area contributed by atoms with Gasteiger partial charge in [-0.1, -0.05) is 30.3 Å². The zero-order valence-corrected chi connectivity index (χ0v) is 19.0. The third-order valence-electron chi connectivity index (χ3n) is 7.51. The molecule has 0 N–H and O–H groups in total. The molecule has 0 spiro atoms. The number of benzene rings is 2. The van der Waals surface area contributed by atoms with Crippen molar-refractivity contribution < 1.29 is 13.9 Å². The molecule has 0 radical (unpaired) electrons. The summed E-state index contributed by atoms with van der Waals surface area (Å²) in [6, 6.07) is 17.1. The van der Waals surface area contributed by atoms with E-state index in [-0.39, 0.29) is 11.7 Å². The maximum Gasteiger partial charge on any atom is 0.229 e. The molecule has 2 saturated heterocycles. The van der Waals surface area contributed by atoms with Crippen LogP contribution in [0.3, 0.4) is 0 Å². The molecule has 172 valence electrons. The number of likely N-dealkylation sites (tertiary alicyclic amines) is 1. The lowest BCUT2D eigenvalue weighted by atomic mass is 9.73. The Morgan fingerprint density at radius 1 is 1.03 bits per heavy atom. The maximum absolute atomic E-state index is 13.8. The molecule has 1 amide bonds. The Labute approximate surface area is 194 Å². The van der Waals surface area contributed by atoms with Crippen molar-refractivity contribution in [3.05, 3.63) is 77.7 Å². The minimum atomic E-state index is -0.440. The molecule has 2 aromatic carbocycles. The maximum atomic E-state index is 13.8. The van der Waals surface area contributed by atoms with Gasteiger partial charge in [-0.2, -0.15) is 0 Å². The highest BCUT2D eigenvalue weighted by atomic mass is 19.1. The smallest absolute Gasteiger partial charge is 0.229 e. The standard InChI is InChI=1S/C28H31FN2O2/c29-24-8-6-22(7-9-24)20-28(12-17-33-18-13-28)27(32)31-15-10-21(11-16-31)19-23-3-1-5-26-25(23)4-2-14-30-26/h1-9,14,21H,10-13,15-20H2. The van der Waals surface area contributed by atoms with Crippen LogP contribution in [-0.4, -0.2) is 42.1 Å². The number of carbonyl (C=O) groups is 1. The number of hydrogen-bond acceptors (Lipinski definition) is 3. The van der Waals surface area contributed by atoms with Crippen molar-refractivity contribution >= 4 is 16.8 Å². The first-order chi connectivity index (χ1) is 16.1. The van der Waals surface area contributed by atoms with Crippen molar-refractivity contribution in [1.82, 2.24) is 9.88 Å². The summed E-state index contributed by atoms with van der Waals surface area (Å²) in [6.45, 7) is 2.83. The molecule has 2 aliphatic rings. The Kier molecular flexibility index (Phi) is 6.41. The molecule has 0 saturated carbocycles. The summed E-state index contributed by atoms with van der Waals surface area (Å²) in [5.74, 6) is 0.584. The van der Waals surface area contributed by atoms with E-state index in [2.05, 4.69) is 34.1 Å². The first kappa shape index (κ1) is 22.0. The summed E-state index contributed by atoms with van der Waals surface area (Å²) >= 11 is 0. The first-order valence-corrected chi connectivity index (χ1v) is 12.1. The van der Waals surface area contributed by atoms with E-state index in [1.54, 1.807) is 0 Å². The largest absolute Gasteiger partial charge is 0.381 e. The fraction of sp³-hybridized carbons (Fsp3) is 0.429. The summed E-state index contributed by atoms with van der Waals surface area (Å²) in [5, 5.41) is 1.24. The summed E-state index contributed by atoms with van der Waals surface area (Å²) in [5.41, 5.74) is 2.98. The molecule has 2 aliphatic heterocycles. The molecule has 0 unspecified atom stereocenters. The van der Waals surface area contributed by atoms with Gasteiger partial charge in [0.2, 0.25) is 5.91 Å². The zero-order valence-electron chi connectivity index (χ0n) is 19.0. The van der Waals surface area contributed by atoms with Crippen molar-refractivity contribution in [1.29, 1.82) is 0 Å². The second-order valence-electron chi connectivity index (χ2n) is 9.62. The fourth-order valence-corrected chi connectivity index (χ4v) is 5.55. The molecule has 0 aliphatic carbocycles. The minimum absolute atomic E-state index is 0.241. The summed E-state index contributed by atoms with van der Waals surface area (Å²) < 4.78 is 19.0. The molecule has 4 nitrogen and oxygen atoms in total. The number of piperidine rings is 1. The molecular weight excluding hydrogens is 415 g/mol. The van der Waals surface area contributed by atoms with Crippen LogP contribution in [0.25, 0.3) is 10.9 Å². The van der Waals surface area contributed by atoms with Gasteiger partial charge in [-0.05, 0) is 79.8 Å². The van der Waals surface area contributed by atoms with Crippen LogP contribution < -0.4 is 0 Å². The molecule has 3 heterocycles. The number of nitrogens with zero attached hydrogens (tertiary/aromatic N) is 2. The summed E-state index contributed by atoms with van der Waals surface area (Å²) in [7, 11) is 0. The van der Waals surface area contributed by atoms with E-state index in [1.807, 2.05) is 24.4 Å². The van der Waals surface area contributed by atoms with Crippen LogP contribution in [0, 0.1) is 17.2 Å². The van der Waals surface area contributed by atoms with Crippen LogP contribution in [0.5, 0.6) is 0 Å². The Hall–Kier alpha value is -2.79. The topological polar surface area (TPSA) is 42.4 Å². The van der Waals surface area contributed by atoms with E-state index in [9.17, 15) is 9.18 Å². The number of aromatic nitrogens is 1. The summed E-state index contributed by atoms with van der Waals surface area (Å²) in [6.07, 6.45) is 7.02. The highest BCUT2D eigenvalue weighted by molar-refractivity contribution is 5.83. The number of pyridine rings is 1. The molecule has 3 aromatic rings. The minimum Gasteiger partial charge on any atom is -0.381 e. The highest BCUT2D eigenvalue weighted by Gasteiger charge is 2.43. The Balaban J connectivity index is 1.26. The number of amides is 1. The third-order valence-corrected chi connectivity index (χ3v) is 7.51. The van der Waals surface area contributed by atoms with Crippen LogP contribution in [0.2, 0.25) is 0 Å². The first-order valence-electron chi connectivity index (χ1n) is 12.1. The number of carbonyl (C=O) groups excluding carboxylic acids is 1. The quantitative estimate of drug-likeness (QED) is 0.541. The number of halogens is 1. The van der Waals surface area contributed by atoms with E-state index in [0.717, 1.165) is 56.3 Å². The fourth-order valence-electron chi connectivity index (χ4n) is 5.55. The molecule has 5 heteroatoms. The number of hydrogen-bond donors (Lipinski definition) is 0. The monoisotopic (exact) mass is 446 g/mol. The van der Waals surface area contributed by atoms with Gasteiger partial charge in [0.15, 0.2) is 0 Å². The van der Waals surface area contributed by atoms with Crippen molar-refractivity contribution in [3.8, 4) is 0 Å². The van der Waals surface area contributed by atoms with Crippen LogP contribution >= 0.6 is 0 Å². The van der Waals surface area contributed by atoms with E-state index in [1.165, 1.54) is 23.1 Å². The molecule has 0 atom stereocenters. The average molecular weight is 447 g/mol. The molecule has 1 aromatic heterocycles. The second-order valence-corrected chi connectivity index (χ2v) is 9.62. The number of fused-ring (bicyclic) bond motifs is 1. The normalized spacial score (nSPS) is 19.0. The van der Waals surface area contributed by atoms with Gasteiger partial charge in [0.1, 0.15) is 5.82 Å². The van der Waals surface area contributed by atoms with E-state index in [0.29, 0.717) is 25.6 Å². The van der Waals surface area contributed by atoms with Gasteiger partial charge in [-0.25, -0.2) is 4.39 Å². The zero-order chi connectivity index (χ0) is 22.7.